The molecule has 3 rings (SSSR count). The summed E-state index contributed by atoms with van der Waals surface area (Å²) in [6.45, 7) is 0.867. The van der Waals surface area contributed by atoms with Crippen molar-refractivity contribution in [1.29, 1.82) is 0 Å². The maximum atomic E-state index is 5.43. The first kappa shape index (κ1) is 12.2. The molecule has 19 heavy (non-hydrogen) atoms. The smallest absolute Gasteiger partial charge is 0.128 e. The summed E-state index contributed by atoms with van der Waals surface area (Å²) in [6, 6.07) is 8.73. The summed E-state index contributed by atoms with van der Waals surface area (Å²) in [6.07, 6.45) is 4.67. The fraction of sp³-hybridized carbons (Fsp3) is 0.400. The van der Waals surface area contributed by atoms with Crippen LogP contribution in [0.15, 0.2) is 30.5 Å². The highest BCUT2D eigenvalue weighted by atomic mass is 16.5. The molecule has 1 aromatic carbocycles. The second kappa shape index (κ2) is 5.05. The second-order valence-electron chi connectivity index (χ2n) is 5.03. The van der Waals surface area contributed by atoms with Crippen molar-refractivity contribution in [2.45, 2.75) is 25.4 Å². The van der Waals surface area contributed by atoms with Gasteiger partial charge in [0.05, 0.1) is 7.11 Å². The number of rotatable bonds is 5. The third-order valence-corrected chi connectivity index (χ3v) is 3.43. The van der Waals surface area contributed by atoms with Gasteiger partial charge in [0.2, 0.25) is 0 Å². The molecule has 0 radical (unpaired) electrons. The molecule has 0 atom stereocenters. The van der Waals surface area contributed by atoms with Crippen LogP contribution >= 0.6 is 0 Å². The first-order chi connectivity index (χ1) is 9.28. The fourth-order valence-corrected chi connectivity index (χ4v) is 2.28. The van der Waals surface area contributed by atoms with E-state index in [9.17, 15) is 0 Å². The van der Waals surface area contributed by atoms with Crippen molar-refractivity contribution >= 4 is 0 Å². The number of ether oxygens (including phenoxy) is 1. The van der Waals surface area contributed by atoms with Crippen molar-refractivity contribution in [2.24, 2.45) is 7.05 Å². The van der Waals surface area contributed by atoms with E-state index in [1.54, 1.807) is 7.11 Å². The minimum absolute atomic E-state index is 0.700. The van der Waals surface area contributed by atoms with Gasteiger partial charge in [0, 0.05) is 37.0 Å². The highest BCUT2D eigenvalue weighted by molar-refractivity contribution is 5.69. The van der Waals surface area contributed by atoms with Gasteiger partial charge in [-0.3, -0.25) is 4.68 Å². The van der Waals surface area contributed by atoms with Gasteiger partial charge >= 0.3 is 0 Å². The minimum Gasteiger partial charge on any atom is -0.496 e. The number of hydrogen-bond acceptors (Lipinski definition) is 3. The molecule has 4 heteroatoms. The lowest BCUT2D eigenvalue weighted by molar-refractivity contribution is 0.416. The van der Waals surface area contributed by atoms with Crippen LogP contribution < -0.4 is 10.1 Å². The standard InChI is InChI=1S/C15H19N3O/c1-18-10-11(9-16-12-7-8-12)15(17-18)13-5-3-4-6-14(13)19-2/h3-6,10,12,16H,7-9H2,1-2H3. The molecule has 1 N–H and O–H groups in total. The van der Waals surface area contributed by atoms with Crippen molar-refractivity contribution in [3.05, 3.63) is 36.0 Å². The Kier molecular flexibility index (Phi) is 3.25. The highest BCUT2D eigenvalue weighted by Gasteiger charge is 2.21. The number of para-hydroxylation sites is 1. The number of aryl methyl sites for hydroxylation is 1. The van der Waals surface area contributed by atoms with Gasteiger partial charge < -0.3 is 10.1 Å². The molecule has 0 unspecified atom stereocenters. The first-order valence-corrected chi connectivity index (χ1v) is 6.67. The molecule has 1 heterocycles. The van der Waals surface area contributed by atoms with Gasteiger partial charge in [0.1, 0.15) is 11.4 Å². The maximum absolute atomic E-state index is 5.43. The fourth-order valence-electron chi connectivity index (χ4n) is 2.28. The van der Waals surface area contributed by atoms with Gasteiger partial charge in [-0.25, -0.2) is 0 Å². The highest BCUT2D eigenvalue weighted by Crippen LogP contribution is 2.31. The molecule has 100 valence electrons. The second-order valence-corrected chi connectivity index (χ2v) is 5.03. The van der Waals surface area contributed by atoms with Gasteiger partial charge in [0.25, 0.3) is 0 Å². The number of nitrogens with one attached hydrogen (secondary N) is 1. The van der Waals surface area contributed by atoms with Crippen LogP contribution in [0.2, 0.25) is 0 Å². The lowest BCUT2D eigenvalue weighted by Gasteiger charge is -2.08. The summed E-state index contributed by atoms with van der Waals surface area (Å²) in [5, 5.41) is 8.12. The third-order valence-electron chi connectivity index (χ3n) is 3.43. The van der Waals surface area contributed by atoms with Crippen molar-refractivity contribution in [3.63, 3.8) is 0 Å². The number of hydrogen-bond donors (Lipinski definition) is 1. The molecule has 1 aliphatic rings. The zero-order valence-corrected chi connectivity index (χ0v) is 11.4. The molecular weight excluding hydrogens is 238 g/mol. The van der Waals surface area contributed by atoms with Crippen molar-refractivity contribution < 1.29 is 4.74 Å². The summed E-state index contributed by atoms with van der Waals surface area (Å²) in [5.74, 6) is 0.869. The van der Waals surface area contributed by atoms with Crippen LogP contribution in [-0.2, 0) is 13.6 Å². The minimum atomic E-state index is 0.700. The number of nitrogens with zero attached hydrogens (tertiary/aromatic N) is 2. The van der Waals surface area contributed by atoms with Crippen LogP contribution in [0.25, 0.3) is 11.3 Å². The van der Waals surface area contributed by atoms with Crippen LogP contribution in [0, 0.1) is 0 Å². The van der Waals surface area contributed by atoms with Gasteiger partial charge in [-0.05, 0) is 25.0 Å². The summed E-state index contributed by atoms with van der Waals surface area (Å²) < 4.78 is 7.30. The van der Waals surface area contributed by atoms with E-state index in [4.69, 9.17) is 4.74 Å². The molecule has 1 aromatic heterocycles. The number of benzene rings is 1. The lowest BCUT2D eigenvalue weighted by Crippen LogP contribution is -2.15. The molecule has 0 spiro atoms. The monoisotopic (exact) mass is 257 g/mol. The van der Waals surface area contributed by atoms with Gasteiger partial charge in [-0.15, -0.1) is 0 Å². The van der Waals surface area contributed by atoms with E-state index >= 15 is 0 Å². The Labute approximate surface area is 113 Å². The first-order valence-electron chi connectivity index (χ1n) is 6.67. The molecule has 2 aromatic rings. The normalized spacial score (nSPS) is 14.6. The molecular formula is C15H19N3O. The molecule has 1 saturated carbocycles. The van der Waals surface area contributed by atoms with E-state index in [-0.39, 0.29) is 0 Å². The number of methoxy groups -OCH3 is 1. The average Bonchev–Trinajstić information content (AvgIpc) is 3.19. The zero-order chi connectivity index (χ0) is 13.2. The van der Waals surface area contributed by atoms with Crippen LogP contribution in [0.4, 0.5) is 0 Å². The van der Waals surface area contributed by atoms with E-state index in [1.807, 2.05) is 29.9 Å². The molecule has 4 nitrogen and oxygen atoms in total. The summed E-state index contributed by atoms with van der Waals surface area (Å²) in [7, 11) is 3.66. The van der Waals surface area contributed by atoms with Crippen LogP contribution in [0.1, 0.15) is 18.4 Å². The maximum Gasteiger partial charge on any atom is 0.128 e. The average molecular weight is 257 g/mol. The molecule has 0 bridgehead atoms. The van der Waals surface area contributed by atoms with Gasteiger partial charge in [-0.1, -0.05) is 12.1 Å². The van der Waals surface area contributed by atoms with E-state index in [0.717, 1.165) is 23.6 Å². The number of aromatic nitrogens is 2. The van der Waals surface area contributed by atoms with E-state index < -0.39 is 0 Å². The van der Waals surface area contributed by atoms with E-state index in [0.29, 0.717) is 6.04 Å². The summed E-state index contributed by atoms with van der Waals surface area (Å²) >= 11 is 0. The molecule has 0 amide bonds. The predicted molar refractivity (Wildman–Crippen MR) is 75.1 cm³/mol. The van der Waals surface area contributed by atoms with Crippen LogP contribution in [-0.4, -0.2) is 22.9 Å². The van der Waals surface area contributed by atoms with Gasteiger partial charge in [0.15, 0.2) is 0 Å². The Balaban J connectivity index is 1.93. The van der Waals surface area contributed by atoms with Gasteiger partial charge in [-0.2, -0.15) is 5.10 Å². The van der Waals surface area contributed by atoms with E-state index in [1.165, 1.54) is 18.4 Å². The third kappa shape index (κ3) is 2.63. The Morgan fingerprint density at radius 2 is 2.16 bits per heavy atom. The molecule has 0 saturated heterocycles. The molecule has 1 aliphatic carbocycles. The van der Waals surface area contributed by atoms with E-state index in [2.05, 4.69) is 22.7 Å². The SMILES string of the molecule is COc1ccccc1-c1nn(C)cc1CNC1CC1. The Bertz CT molecular complexity index is 573. The quantitative estimate of drug-likeness (QED) is 0.893. The van der Waals surface area contributed by atoms with Crippen molar-refractivity contribution in [2.75, 3.05) is 7.11 Å². The largest absolute Gasteiger partial charge is 0.496 e. The lowest BCUT2D eigenvalue weighted by atomic mass is 10.1. The molecule has 1 fully saturated rings. The summed E-state index contributed by atoms with van der Waals surface area (Å²) in [4.78, 5) is 0. The Hall–Kier alpha value is -1.81. The van der Waals surface area contributed by atoms with Crippen molar-refractivity contribution in [3.8, 4) is 17.0 Å². The zero-order valence-electron chi connectivity index (χ0n) is 11.4. The summed E-state index contributed by atoms with van der Waals surface area (Å²) in [5.41, 5.74) is 3.28. The topological polar surface area (TPSA) is 39.1 Å². The van der Waals surface area contributed by atoms with Crippen molar-refractivity contribution in [1.82, 2.24) is 15.1 Å². The van der Waals surface area contributed by atoms with Crippen LogP contribution in [0.5, 0.6) is 5.75 Å². The Morgan fingerprint density at radius 3 is 2.89 bits per heavy atom. The van der Waals surface area contributed by atoms with Crippen LogP contribution in [0.3, 0.4) is 0 Å². The molecule has 0 aliphatic heterocycles. The predicted octanol–water partition coefficient (Wildman–Crippen LogP) is 2.35. The Morgan fingerprint density at radius 1 is 1.37 bits per heavy atom.